The van der Waals surface area contributed by atoms with E-state index in [0.29, 0.717) is 41.9 Å². The summed E-state index contributed by atoms with van der Waals surface area (Å²) in [6.07, 6.45) is -1.57. The van der Waals surface area contributed by atoms with Crippen molar-refractivity contribution in [3.8, 4) is 0 Å². The number of H-pyrrole nitrogens is 1. The van der Waals surface area contributed by atoms with Crippen molar-refractivity contribution in [3.63, 3.8) is 0 Å². The number of alkyl halides is 3. The summed E-state index contributed by atoms with van der Waals surface area (Å²) in [5, 5.41) is 10.3. The average Bonchev–Trinajstić information content (AvgIpc) is 3.58. The lowest BCUT2D eigenvalue weighted by atomic mass is 10.2. The van der Waals surface area contributed by atoms with Crippen LogP contribution in [-0.4, -0.2) is 53.2 Å². The maximum absolute atomic E-state index is 13.4. The van der Waals surface area contributed by atoms with Crippen molar-refractivity contribution in [2.45, 2.75) is 35.4 Å². The number of nitrogens with zero attached hydrogens (tertiary/aromatic N) is 4. The SMILES string of the molecule is Cc1c(S(=O)(=O)c2ccc3[nH]ncc3c2)cc(C(=O)N[C@@H]2CCN(c3ccc(C(F)(F)F)cn3)C2)n1C. The summed E-state index contributed by atoms with van der Waals surface area (Å²) in [5.74, 6) is -0.0491. The fraction of sp³-hybridized carbons (Fsp3) is 0.292. The quantitative estimate of drug-likeness (QED) is 0.407. The van der Waals surface area contributed by atoms with Gasteiger partial charge in [-0.3, -0.25) is 9.89 Å². The molecule has 4 heterocycles. The van der Waals surface area contributed by atoms with Gasteiger partial charge < -0.3 is 14.8 Å². The molecule has 1 atom stereocenters. The average molecular weight is 533 g/mol. The van der Waals surface area contributed by atoms with Gasteiger partial charge in [0.1, 0.15) is 11.5 Å². The van der Waals surface area contributed by atoms with Crippen LogP contribution in [-0.2, 0) is 23.1 Å². The summed E-state index contributed by atoms with van der Waals surface area (Å²) in [6, 6.07) is 8.03. The molecule has 1 amide bonds. The van der Waals surface area contributed by atoms with Gasteiger partial charge in [-0.15, -0.1) is 0 Å². The molecule has 5 rings (SSSR count). The number of hydrogen-bond donors (Lipinski definition) is 2. The molecular weight excluding hydrogens is 509 g/mol. The maximum Gasteiger partial charge on any atom is 0.417 e. The monoisotopic (exact) mass is 532 g/mol. The first-order valence-electron chi connectivity index (χ1n) is 11.4. The fourth-order valence-electron chi connectivity index (χ4n) is 4.46. The van der Waals surface area contributed by atoms with E-state index in [9.17, 15) is 26.4 Å². The summed E-state index contributed by atoms with van der Waals surface area (Å²) in [4.78, 5) is 18.9. The van der Waals surface area contributed by atoms with Crippen molar-refractivity contribution in [2.75, 3.05) is 18.0 Å². The zero-order valence-corrected chi connectivity index (χ0v) is 20.7. The molecule has 1 fully saturated rings. The lowest BCUT2D eigenvalue weighted by Gasteiger charge is -2.18. The van der Waals surface area contributed by atoms with Gasteiger partial charge in [-0.25, -0.2) is 13.4 Å². The Morgan fingerprint density at radius 1 is 1.16 bits per heavy atom. The topological polar surface area (TPSA) is 113 Å². The smallest absolute Gasteiger partial charge is 0.354 e. The van der Waals surface area contributed by atoms with Crippen LogP contribution in [0.4, 0.5) is 19.0 Å². The molecule has 0 saturated carbocycles. The number of sulfone groups is 1. The molecule has 2 N–H and O–H groups in total. The standard InChI is InChI=1S/C24H23F3N6O3S/c1-14-21(37(35,36)18-4-5-19-15(9-18)11-29-31-19)10-20(32(14)2)23(34)30-17-7-8-33(13-17)22-6-3-16(12-28-22)24(25,26)27/h3-6,9-12,17H,7-8,13H2,1-2H3,(H,29,31)(H,30,34)/t17-/m1/s1. The highest BCUT2D eigenvalue weighted by Crippen LogP contribution is 2.31. The van der Waals surface area contributed by atoms with E-state index in [0.717, 1.165) is 12.3 Å². The number of anilines is 1. The number of amides is 1. The van der Waals surface area contributed by atoms with Crippen LogP contribution >= 0.6 is 0 Å². The molecular formula is C24H23F3N6O3S. The van der Waals surface area contributed by atoms with Crippen LogP contribution in [0.2, 0.25) is 0 Å². The van der Waals surface area contributed by atoms with Crippen molar-refractivity contribution in [2.24, 2.45) is 7.05 Å². The van der Waals surface area contributed by atoms with E-state index in [1.165, 1.54) is 35.0 Å². The van der Waals surface area contributed by atoms with Gasteiger partial charge in [-0.1, -0.05) is 0 Å². The van der Waals surface area contributed by atoms with Gasteiger partial charge in [-0.05, 0) is 49.7 Å². The van der Waals surface area contributed by atoms with Crippen LogP contribution in [0.3, 0.4) is 0 Å². The Morgan fingerprint density at radius 3 is 2.65 bits per heavy atom. The molecule has 1 aromatic carbocycles. The summed E-state index contributed by atoms with van der Waals surface area (Å²) in [5.41, 5.74) is 0.488. The zero-order chi connectivity index (χ0) is 26.5. The molecule has 0 radical (unpaired) electrons. The number of hydrogen-bond acceptors (Lipinski definition) is 6. The first-order chi connectivity index (χ1) is 17.4. The second kappa shape index (κ2) is 8.91. The highest BCUT2D eigenvalue weighted by molar-refractivity contribution is 7.91. The van der Waals surface area contributed by atoms with Gasteiger partial charge in [-0.2, -0.15) is 18.3 Å². The Kier molecular flexibility index (Phi) is 5.97. The minimum atomic E-state index is -4.46. The highest BCUT2D eigenvalue weighted by Gasteiger charge is 2.32. The molecule has 0 bridgehead atoms. The van der Waals surface area contributed by atoms with Gasteiger partial charge in [0.15, 0.2) is 0 Å². The number of aromatic nitrogens is 4. The van der Waals surface area contributed by atoms with Gasteiger partial charge >= 0.3 is 6.18 Å². The van der Waals surface area contributed by atoms with Gasteiger partial charge in [0.05, 0.1) is 27.1 Å². The minimum Gasteiger partial charge on any atom is -0.354 e. The second-order valence-corrected chi connectivity index (χ2v) is 10.9. The van der Waals surface area contributed by atoms with E-state index in [4.69, 9.17) is 0 Å². The Hall–Kier alpha value is -3.87. The van der Waals surface area contributed by atoms with Crippen LogP contribution in [0.1, 0.15) is 28.2 Å². The number of aromatic amines is 1. The molecule has 194 valence electrons. The number of rotatable bonds is 5. The Morgan fingerprint density at radius 2 is 1.95 bits per heavy atom. The molecule has 37 heavy (non-hydrogen) atoms. The van der Waals surface area contributed by atoms with E-state index < -0.39 is 27.5 Å². The van der Waals surface area contributed by atoms with Crippen molar-refractivity contribution < 1.29 is 26.4 Å². The third kappa shape index (κ3) is 4.54. The molecule has 9 nitrogen and oxygen atoms in total. The van der Waals surface area contributed by atoms with Crippen molar-refractivity contribution in [3.05, 3.63) is 65.7 Å². The molecule has 0 spiro atoms. The van der Waals surface area contributed by atoms with E-state index in [2.05, 4.69) is 20.5 Å². The Balaban J connectivity index is 1.32. The molecule has 0 aliphatic carbocycles. The predicted octanol–water partition coefficient (Wildman–Crippen LogP) is 3.47. The van der Waals surface area contributed by atoms with E-state index in [-0.39, 0.29) is 21.5 Å². The number of halogens is 3. The van der Waals surface area contributed by atoms with E-state index >= 15 is 0 Å². The number of pyridine rings is 1. The largest absolute Gasteiger partial charge is 0.417 e. The maximum atomic E-state index is 13.4. The number of fused-ring (bicyclic) bond motifs is 1. The number of nitrogens with one attached hydrogen (secondary N) is 2. The molecule has 1 aliphatic rings. The minimum absolute atomic E-state index is 0.0324. The van der Waals surface area contributed by atoms with Crippen LogP contribution in [0, 0.1) is 6.92 Å². The van der Waals surface area contributed by atoms with Crippen LogP contribution in [0.25, 0.3) is 10.9 Å². The lowest BCUT2D eigenvalue weighted by Crippen LogP contribution is -2.38. The van der Waals surface area contributed by atoms with Gasteiger partial charge in [0, 0.05) is 43.5 Å². The van der Waals surface area contributed by atoms with Crippen molar-refractivity contribution in [1.82, 2.24) is 25.1 Å². The van der Waals surface area contributed by atoms with Crippen LogP contribution < -0.4 is 10.2 Å². The van der Waals surface area contributed by atoms with Crippen molar-refractivity contribution >= 4 is 32.5 Å². The Labute approximate surface area is 210 Å². The Bertz CT molecular complexity index is 1590. The first-order valence-corrected chi connectivity index (χ1v) is 12.9. The van der Waals surface area contributed by atoms with E-state index in [1.54, 1.807) is 24.9 Å². The van der Waals surface area contributed by atoms with Gasteiger partial charge in [0.2, 0.25) is 9.84 Å². The number of carbonyl (C=O) groups excluding carboxylic acids is 1. The fourth-order valence-corrected chi connectivity index (χ4v) is 6.04. The molecule has 1 saturated heterocycles. The molecule has 1 aliphatic heterocycles. The summed E-state index contributed by atoms with van der Waals surface area (Å²) in [7, 11) is -2.28. The second-order valence-electron chi connectivity index (χ2n) is 8.97. The first kappa shape index (κ1) is 24.8. The molecule has 0 unspecified atom stereocenters. The van der Waals surface area contributed by atoms with Crippen LogP contribution in [0.5, 0.6) is 0 Å². The van der Waals surface area contributed by atoms with Gasteiger partial charge in [0.25, 0.3) is 5.91 Å². The van der Waals surface area contributed by atoms with Crippen LogP contribution in [0.15, 0.2) is 58.6 Å². The lowest BCUT2D eigenvalue weighted by molar-refractivity contribution is -0.137. The molecule has 3 aromatic heterocycles. The van der Waals surface area contributed by atoms with Crippen molar-refractivity contribution in [1.29, 1.82) is 0 Å². The third-order valence-electron chi connectivity index (χ3n) is 6.66. The summed E-state index contributed by atoms with van der Waals surface area (Å²) < 4.78 is 66.7. The normalized spacial score (nSPS) is 16.5. The highest BCUT2D eigenvalue weighted by atomic mass is 32.2. The molecule has 13 heteroatoms. The third-order valence-corrected chi connectivity index (χ3v) is 8.52. The predicted molar refractivity (Wildman–Crippen MR) is 129 cm³/mol. The molecule has 4 aromatic rings. The summed E-state index contributed by atoms with van der Waals surface area (Å²) >= 11 is 0. The zero-order valence-electron chi connectivity index (χ0n) is 19.9. The number of benzene rings is 1. The number of carbonyl (C=O) groups is 1. The summed E-state index contributed by atoms with van der Waals surface area (Å²) in [6.45, 7) is 2.50. The van der Waals surface area contributed by atoms with E-state index in [1.807, 2.05) is 0 Å².